The summed E-state index contributed by atoms with van der Waals surface area (Å²) >= 11 is 0. The molecule has 120 valence electrons. The third kappa shape index (κ3) is 5.21. The lowest BCUT2D eigenvalue weighted by atomic mass is 10.0. The molecular weight excluding hydrogens is 266 g/mol. The number of hydrogen-bond donors (Lipinski definition) is 1. The number of nitrogens with one attached hydrogen (secondary N) is 1. The summed E-state index contributed by atoms with van der Waals surface area (Å²) in [6, 6.07) is 6.58. The van der Waals surface area contributed by atoms with Crippen molar-refractivity contribution in [3.8, 4) is 11.5 Å². The molecule has 0 fully saturated rings. The van der Waals surface area contributed by atoms with Crippen LogP contribution in [-0.4, -0.2) is 33.5 Å². The summed E-state index contributed by atoms with van der Waals surface area (Å²) in [6.45, 7) is 10.1. The fourth-order valence-corrected chi connectivity index (χ4v) is 2.22. The van der Waals surface area contributed by atoms with Crippen molar-refractivity contribution in [2.24, 2.45) is 5.92 Å². The largest absolute Gasteiger partial charge is 0.493 e. The van der Waals surface area contributed by atoms with E-state index in [-0.39, 0.29) is 6.04 Å². The lowest BCUT2D eigenvalue weighted by Gasteiger charge is -2.27. The number of methoxy groups -OCH3 is 2. The number of rotatable bonds is 9. The average molecular weight is 295 g/mol. The molecule has 1 rings (SSSR count). The predicted molar refractivity (Wildman–Crippen MR) is 86.2 cm³/mol. The summed E-state index contributed by atoms with van der Waals surface area (Å²) in [5, 5.41) is 3.63. The van der Waals surface area contributed by atoms with E-state index in [1.54, 1.807) is 14.2 Å². The maximum absolute atomic E-state index is 5.57. The first kappa shape index (κ1) is 17.8. The van der Waals surface area contributed by atoms with Gasteiger partial charge in [-0.1, -0.05) is 19.9 Å². The molecule has 0 heterocycles. The Bertz CT molecular complexity index is 420. The molecule has 2 unspecified atom stereocenters. The molecule has 0 bridgehead atoms. The fraction of sp³-hybridized carbons (Fsp3) is 0.647. The molecule has 0 amide bonds. The van der Waals surface area contributed by atoms with Gasteiger partial charge in [0.05, 0.1) is 20.8 Å². The monoisotopic (exact) mass is 295 g/mol. The van der Waals surface area contributed by atoms with Crippen molar-refractivity contribution in [3.63, 3.8) is 0 Å². The molecule has 1 N–H and O–H groups in total. The topological polar surface area (TPSA) is 39.7 Å². The zero-order valence-corrected chi connectivity index (χ0v) is 14.1. The van der Waals surface area contributed by atoms with Gasteiger partial charge in [0.2, 0.25) is 0 Å². The zero-order valence-electron chi connectivity index (χ0n) is 14.1. The van der Waals surface area contributed by atoms with Crippen molar-refractivity contribution >= 4 is 0 Å². The van der Waals surface area contributed by atoms with E-state index in [1.807, 2.05) is 19.1 Å². The highest BCUT2D eigenvalue weighted by atomic mass is 16.5. The van der Waals surface area contributed by atoms with Gasteiger partial charge in [0, 0.05) is 18.7 Å². The Morgan fingerprint density at radius 3 is 2.24 bits per heavy atom. The Morgan fingerprint density at radius 1 is 1.05 bits per heavy atom. The summed E-state index contributed by atoms with van der Waals surface area (Å²) in [7, 11) is 3.31. The highest BCUT2D eigenvalue weighted by Crippen LogP contribution is 2.30. The molecule has 0 aromatic heterocycles. The molecule has 1 aromatic carbocycles. The number of ether oxygens (including phenoxy) is 3. The minimum Gasteiger partial charge on any atom is -0.493 e. The van der Waals surface area contributed by atoms with E-state index in [0.29, 0.717) is 12.0 Å². The van der Waals surface area contributed by atoms with E-state index in [1.165, 1.54) is 5.56 Å². The van der Waals surface area contributed by atoms with E-state index in [9.17, 15) is 0 Å². The fourth-order valence-electron chi connectivity index (χ4n) is 2.22. The second-order valence-corrected chi connectivity index (χ2v) is 5.51. The first-order valence-electron chi connectivity index (χ1n) is 7.59. The third-order valence-corrected chi connectivity index (χ3v) is 3.68. The first-order valence-corrected chi connectivity index (χ1v) is 7.59. The van der Waals surface area contributed by atoms with Gasteiger partial charge >= 0.3 is 0 Å². The van der Waals surface area contributed by atoms with Gasteiger partial charge in [0.25, 0.3) is 0 Å². The Kier molecular flexibility index (Phi) is 7.54. The van der Waals surface area contributed by atoms with Gasteiger partial charge in [-0.05, 0) is 37.5 Å². The normalized spacial score (nSPS) is 14.0. The van der Waals surface area contributed by atoms with Gasteiger partial charge < -0.3 is 19.5 Å². The maximum atomic E-state index is 5.57. The van der Waals surface area contributed by atoms with Crippen LogP contribution in [-0.2, 0) is 4.74 Å². The SMILES string of the molecule is CCOCC(NC(C)c1ccc(OC)c(OC)c1)C(C)C. The Hall–Kier alpha value is -1.26. The van der Waals surface area contributed by atoms with Crippen molar-refractivity contribution in [1.29, 1.82) is 0 Å². The summed E-state index contributed by atoms with van der Waals surface area (Å²) in [4.78, 5) is 0. The average Bonchev–Trinajstić information content (AvgIpc) is 2.49. The standard InChI is InChI=1S/C17H29NO3/c1-7-21-11-15(12(2)3)18-13(4)14-8-9-16(19-5)17(10-14)20-6/h8-10,12-13,15,18H,7,11H2,1-6H3. The minimum absolute atomic E-state index is 0.220. The van der Waals surface area contributed by atoms with Crippen LogP contribution >= 0.6 is 0 Å². The van der Waals surface area contributed by atoms with Gasteiger partial charge in [0.1, 0.15) is 0 Å². The lowest BCUT2D eigenvalue weighted by molar-refractivity contribution is 0.104. The van der Waals surface area contributed by atoms with E-state index in [0.717, 1.165) is 24.7 Å². The van der Waals surface area contributed by atoms with Crippen LogP contribution < -0.4 is 14.8 Å². The van der Waals surface area contributed by atoms with E-state index in [2.05, 4.69) is 32.2 Å². The summed E-state index contributed by atoms with van der Waals surface area (Å²) < 4.78 is 16.2. The highest BCUT2D eigenvalue weighted by Gasteiger charge is 2.18. The lowest BCUT2D eigenvalue weighted by Crippen LogP contribution is -2.39. The van der Waals surface area contributed by atoms with E-state index < -0.39 is 0 Å². The van der Waals surface area contributed by atoms with Crippen LogP contribution in [0.5, 0.6) is 11.5 Å². The van der Waals surface area contributed by atoms with Crippen LogP contribution in [0, 0.1) is 5.92 Å². The summed E-state index contributed by atoms with van der Waals surface area (Å²) in [5.74, 6) is 2.02. The van der Waals surface area contributed by atoms with E-state index in [4.69, 9.17) is 14.2 Å². The van der Waals surface area contributed by atoms with Gasteiger partial charge in [-0.3, -0.25) is 0 Å². The molecule has 0 saturated carbocycles. The first-order chi connectivity index (χ1) is 10.0. The van der Waals surface area contributed by atoms with Crippen LogP contribution in [0.15, 0.2) is 18.2 Å². The summed E-state index contributed by atoms with van der Waals surface area (Å²) in [6.07, 6.45) is 0. The molecule has 0 saturated heterocycles. The van der Waals surface area contributed by atoms with Crippen molar-refractivity contribution in [1.82, 2.24) is 5.32 Å². The molecule has 1 aromatic rings. The Labute approximate surface area is 128 Å². The molecule has 0 radical (unpaired) electrons. The summed E-state index contributed by atoms with van der Waals surface area (Å²) in [5.41, 5.74) is 1.18. The highest BCUT2D eigenvalue weighted by molar-refractivity contribution is 5.43. The molecular formula is C17H29NO3. The Morgan fingerprint density at radius 2 is 1.71 bits per heavy atom. The van der Waals surface area contributed by atoms with Crippen LogP contribution in [0.4, 0.5) is 0 Å². The number of benzene rings is 1. The molecule has 4 nitrogen and oxygen atoms in total. The van der Waals surface area contributed by atoms with Crippen molar-refractivity contribution in [3.05, 3.63) is 23.8 Å². The van der Waals surface area contributed by atoms with Gasteiger partial charge in [0.15, 0.2) is 11.5 Å². The molecule has 0 aliphatic carbocycles. The predicted octanol–water partition coefficient (Wildman–Crippen LogP) is 3.42. The quantitative estimate of drug-likeness (QED) is 0.758. The van der Waals surface area contributed by atoms with Gasteiger partial charge in [-0.2, -0.15) is 0 Å². The van der Waals surface area contributed by atoms with Crippen LogP contribution in [0.25, 0.3) is 0 Å². The van der Waals surface area contributed by atoms with Crippen LogP contribution in [0.2, 0.25) is 0 Å². The van der Waals surface area contributed by atoms with Crippen LogP contribution in [0.1, 0.15) is 39.3 Å². The molecule has 0 aliphatic heterocycles. The van der Waals surface area contributed by atoms with Crippen molar-refractivity contribution < 1.29 is 14.2 Å². The second-order valence-electron chi connectivity index (χ2n) is 5.51. The number of hydrogen-bond acceptors (Lipinski definition) is 4. The second kappa shape index (κ2) is 8.90. The zero-order chi connectivity index (χ0) is 15.8. The Balaban J connectivity index is 2.79. The van der Waals surface area contributed by atoms with Crippen LogP contribution in [0.3, 0.4) is 0 Å². The van der Waals surface area contributed by atoms with Crippen molar-refractivity contribution in [2.75, 3.05) is 27.4 Å². The molecule has 2 atom stereocenters. The molecule has 4 heteroatoms. The molecule has 0 aliphatic rings. The van der Waals surface area contributed by atoms with E-state index >= 15 is 0 Å². The third-order valence-electron chi connectivity index (χ3n) is 3.68. The smallest absolute Gasteiger partial charge is 0.161 e. The molecule has 21 heavy (non-hydrogen) atoms. The molecule has 0 spiro atoms. The van der Waals surface area contributed by atoms with Crippen molar-refractivity contribution in [2.45, 2.75) is 39.8 Å². The van der Waals surface area contributed by atoms with Gasteiger partial charge in [-0.15, -0.1) is 0 Å². The van der Waals surface area contributed by atoms with Gasteiger partial charge in [-0.25, -0.2) is 0 Å². The maximum Gasteiger partial charge on any atom is 0.161 e. The minimum atomic E-state index is 0.220.